The average molecular weight is 281 g/mol. The minimum atomic E-state index is -0.856. The predicted molar refractivity (Wildman–Crippen MR) is 77.2 cm³/mol. The fraction of sp³-hybridized carbons (Fsp3) is 0.308. The van der Waals surface area contributed by atoms with Crippen molar-refractivity contribution >= 4 is 34.3 Å². The lowest BCUT2D eigenvalue weighted by Crippen LogP contribution is -2.30. The van der Waals surface area contributed by atoms with E-state index in [1.165, 1.54) is 16.2 Å². The molecular formula is C13H15NO2S2. The number of thiophene rings is 2. The molecule has 96 valence electrons. The third kappa shape index (κ3) is 2.91. The van der Waals surface area contributed by atoms with Gasteiger partial charge in [0.1, 0.15) is 4.88 Å². The van der Waals surface area contributed by atoms with E-state index in [1.807, 2.05) is 12.4 Å². The van der Waals surface area contributed by atoms with Crippen molar-refractivity contribution in [3.8, 4) is 0 Å². The summed E-state index contributed by atoms with van der Waals surface area (Å²) < 4.78 is 0. The van der Waals surface area contributed by atoms with E-state index in [-0.39, 0.29) is 0 Å². The maximum Gasteiger partial charge on any atom is 0.345 e. The number of anilines is 1. The molecule has 0 aliphatic carbocycles. The van der Waals surface area contributed by atoms with Crippen molar-refractivity contribution in [2.24, 2.45) is 0 Å². The quantitative estimate of drug-likeness (QED) is 0.910. The Kier molecular flexibility index (Phi) is 4.04. The maximum absolute atomic E-state index is 10.9. The molecule has 2 aromatic rings. The molecule has 2 heterocycles. The first kappa shape index (κ1) is 13.1. The van der Waals surface area contributed by atoms with Crippen molar-refractivity contribution in [2.45, 2.75) is 19.4 Å². The van der Waals surface area contributed by atoms with Gasteiger partial charge in [0.25, 0.3) is 0 Å². The van der Waals surface area contributed by atoms with E-state index in [4.69, 9.17) is 5.11 Å². The van der Waals surface area contributed by atoms with Crippen LogP contribution >= 0.6 is 22.7 Å². The first-order chi connectivity index (χ1) is 8.58. The summed E-state index contributed by atoms with van der Waals surface area (Å²) in [5, 5.41) is 12.9. The number of hydrogen-bond acceptors (Lipinski definition) is 4. The summed E-state index contributed by atoms with van der Waals surface area (Å²) in [6.45, 7) is 2.15. The summed E-state index contributed by atoms with van der Waals surface area (Å²) in [5.41, 5.74) is 0.974. The fourth-order valence-corrected chi connectivity index (χ4v) is 3.33. The highest BCUT2D eigenvalue weighted by atomic mass is 32.1. The van der Waals surface area contributed by atoms with E-state index in [1.54, 1.807) is 17.4 Å². The van der Waals surface area contributed by atoms with Crippen LogP contribution < -0.4 is 4.90 Å². The minimum Gasteiger partial charge on any atom is -0.477 e. The molecule has 1 N–H and O–H groups in total. The van der Waals surface area contributed by atoms with E-state index in [0.29, 0.717) is 10.9 Å². The molecule has 3 nitrogen and oxygen atoms in total. The standard InChI is InChI=1S/C13H15NO2S2/c1-9(6-11-4-3-5-17-11)14(2)10-7-12(13(15)16)18-8-10/h3-5,7-9H,6H2,1-2H3,(H,15,16). The van der Waals surface area contributed by atoms with E-state index in [0.717, 1.165) is 12.1 Å². The van der Waals surface area contributed by atoms with Crippen LogP contribution in [0.5, 0.6) is 0 Å². The van der Waals surface area contributed by atoms with Gasteiger partial charge < -0.3 is 10.0 Å². The van der Waals surface area contributed by atoms with Crippen molar-refractivity contribution in [3.63, 3.8) is 0 Å². The number of carbonyl (C=O) groups is 1. The van der Waals surface area contributed by atoms with Gasteiger partial charge in [0.2, 0.25) is 0 Å². The highest BCUT2D eigenvalue weighted by Crippen LogP contribution is 2.25. The second-order valence-electron chi connectivity index (χ2n) is 4.22. The Morgan fingerprint density at radius 1 is 1.50 bits per heavy atom. The van der Waals surface area contributed by atoms with Gasteiger partial charge in [-0.3, -0.25) is 0 Å². The molecule has 0 bridgehead atoms. The van der Waals surface area contributed by atoms with Crippen LogP contribution in [0.3, 0.4) is 0 Å². The van der Waals surface area contributed by atoms with Crippen LogP contribution in [0.4, 0.5) is 5.69 Å². The molecular weight excluding hydrogens is 266 g/mol. The summed E-state index contributed by atoms with van der Waals surface area (Å²) in [4.78, 5) is 14.7. The van der Waals surface area contributed by atoms with Gasteiger partial charge in [0.15, 0.2) is 0 Å². The van der Waals surface area contributed by atoms with Gasteiger partial charge in [-0.1, -0.05) is 6.07 Å². The fourth-order valence-electron chi connectivity index (χ4n) is 1.73. The molecule has 0 radical (unpaired) electrons. The average Bonchev–Trinajstić information content (AvgIpc) is 2.98. The van der Waals surface area contributed by atoms with E-state index < -0.39 is 5.97 Å². The van der Waals surface area contributed by atoms with E-state index in [2.05, 4.69) is 29.3 Å². The first-order valence-electron chi connectivity index (χ1n) is 5.65. The number of nitrogens with zero attached hydrogens (tertiary/aromatic N) is 1. The molecule has 2 aromatic heterocycles. The third-order valence-corrected chi connectivity index (χ3v) is 4.75. The largest absolute Gasteiger partial charge is 0.477 e. The van der Waals surface area contributed by atoms with Crippen LogP contribution in [0.1, 0.15) is 21.5 Å². The van der Waals surface area contributed by atoms with Crippen LogP contribution in [0.2, 0.25) is 0 Å². The lowest BCUT2D eigenvalue weighted by molar-refractivity contribution is 0.0702. The number of carboxylic acid groups (broad SMARTS) is 1. The van der Waals surface area contributed by atoms with Crippen LogP contribution in [-0.2, 0) is 6.42 Å². The highest BCUT2D eigenvalue weighted by Gasteiger charge is 2.15. The molecule has 18 heavy (non-hydrogen) atoms. The predicted octanol–water partition coefficient (Wildman–Crippen LogP) is 3.58. The van der Waals surface area contributed by atoms with E-state index in [9.17, 15) is 4.79 Å². The second kappa shape index (κ2) is 5.54. The van der Waals surface area contributed by atoms with Crippen LogP contribution in [0.25, 0.3) is 0 Å². The Hall–Kier alpha value is -1.33. The number of rotatable bonds is 5. The molecule has 0 fully saturated rings. The topological polar surface area (TPSA) is 40.5 Å². The van der Waals surface area contributed by atoms with Crippen molar-refractivity contribution < 1.29 is 9.90 Å². The normalized spacial score (nSPS) is 12.3. The van der Waals surface area contributed by atoms with Crippen molar-refractivity contribution in [3.05, 3.63) is 38.7 Å². The summed E-state index contributed by atoms with van der Waals surface area (Å²) in [6, 6.07) is 6.27. The highest BCUT2D eigenvalue weighted by molar-refractivity contribution is 7.12. The molecule has 0 saturated heterocycles. The molecule has 1 unspecified atom stereocenters. The molecule has 0 saturated carbocycles. The number of aromatic carboxylic acids is 1. The van der Waals surface area contributed by atoms with Gasteiger partial charge in [-0.25, -0.2) is 4.79 Å². The monoisotopic (exact) mass is 281 g/mol. The zero-order valence-electron chi connectivity index (χ0n) is 10.3. The molecule has 0 amide bonds. The van der Waals surface area contributed by atoms with Crippen LogP contribution in [0.15, 0.2) is 29.0 Å². The zero-order valence-corrected chi connectivity index (χ0v) is 11.9. The second-order valence-corrected chi connectivity index (χ2v) is 6.16. The number of hydrogen-bond donors (Lipinski definition) is 1. The summed E-state index contributed by atoms with van der Waals surface area (Å²) in [7, 11) is 2.01. The SMILES string of the molecule is CC(Cc1cccs1)N(C)c1csc(C(=O)O)c1. The Balaban J connectivity index is 2.05. The first-order valence-corrected chi connectivity index (χ1v) is 7.41. The molecule has 0 aromatic carbocycles. The Bertz CT molecular complexity index is 519. The molecule has 2 rings (SSSR count). The molecule has 1 atom stereocenters. The molecule has 0 spiro atoms. The smallest absolute Gasteiger partial charge is 0.345 e. The van der Waals surface area contributed by atoms with Gasteiger partial charge in [0, 0.05) is 35.5 Å². The minimum absolute atomic E-state index is 0.347. The Morgan fingerprint density at radius 3 is 2.83 bits per heavy atom. The van der Waals surface area contributed by atoms with Gasteiger partial charge in [-0.05, 0) is 24.4 Å². The third-order valence-electron chi connectivity index (χ3n) is 2.94. The van der Waals surface area contributed by atoms with Crippen molar-refractivity contribution in [2.75, 3.05) is 11.9 Å². The van der Waals surface area contributed by atoms with Gasteiger partial charge in [0.05, 0.1) is 0 Å². The Morgan fingerprint density at radius 2 is 2.28 bits per heavy atom. The maximum atomic E-state index is 10.9. The van der Waals surface area contributed by atoms with Crippen LogP contribution in [0, 0.1) is 0 Å². The molecule has 0 aliphatic heterocycles. The molecule has 5 heteroatoms. The summed E-state index contributed by atoms with van der Waals surface area (Å²) in [6.07, 6.45) is 0.979. The lowest BCUT2D eigenvalue weighted by Gasteiger charge is -2.25. The van der Waals surface area contributed by atoms with Crippen LogP contribution in [-0.4, -0.2) is 24.2 Å². The summed E-state index contributed by atoms with van der Waals surface area (Å²) in [5.74, 6) is -0.856. The van der Waals surface area contributed by atoms with Crippen molar-refractivity contribution in [1.29, 1.82) is 0 Å². The van der Waals surface area contributed by atoms with E-state index >= 15 is 0 Å². The zero-order chi connectivity index (χ0) is 13.1. The van der Waals surface area contributed by atoms with Gasteiger partial charge in [-0.15, -0.1) is 22.7 Å². The summed E-state index contributed by atoms with van der Waals surface area (Å²) >= 11 is 3.03. The number of carboxylic acids is 1. The lowest BCUT2D eigenvalue weighted by atomic mass is 10.2. The van der Waals surface area contributed by atoms with Crippen molar-refractivity contribution in [1.82, 2.24) is 0 Å². The molecule has 0 aliphatic rings. The Labute approximate surface area is 114 Å². The van der Waals surface area contributed by atoms with Gasteiger partial charge in [-0.2, -0.15) is 0 Å². The number of likely N-dealkylation sites (N-methyl/N-ethyl adjacent to an activating group) is 1. The van der Waals surface area contributed by atoms with Gasteiger partial charge >= 0.3 is 5.97 Å².